The topological polar surface area (TPSA) is 147 Å². The van der Waals surface area contributed by atoms with Crippen LogP contribution < -0.4 is 9.80 Å². The highest BCUT2D eigenvalue weighted by molar-refractivity contribution is 6.71. The Hall–Kier alpha value is -4.69. The fraction of sp³-hybridized carbons (Fsp3) is 0.395. The summed E-state index contributed by atoms with van der Waals surface area (Å²) in [6.07, 6.45) is 1.13. The lowest BCUT2D eigenvalue weighted by molar-refractivity contribution is -0.153. The van der Waals surface area contributed by atoms with Gasteiger partial charge in [-0.3, -0.25) is 24.0 Å². The van der Waals surface area contributed by atoms with Gasteiger partial charge in [0.1, 0.15) is 0 Å². The minimum absolute atomic E-state index is 0.0800. The number of β-lactam (4-membered cyclic amide) rings is 1. The Kier molecular flexibility index (Phi) is 9.17. The van der Waals surface area contributed by atoms with E-state index in [1.165, 1.54) is 11.8 Å². The number of rotatable bonds is 11. The number of carbonyl (C=O) groups excluding carboxylic acids is 3. The molecule has 12 nitrogen and oxygen atoms in total. The van der Waals surface area contributed by atoms with E-state index in [-0.39, 0.29) is 36.3 Å². The van der Waals surface area contributed by atoms with Crippen LogP contribution in [0, 0.1) is 5.92 Å². The first kappa shape index (κ1) is 34.7. The normalized spacial score (nSPS) is 24.9. The minimum Gasteiger partial charge on any atom is -0.441 e. The van der Waals surface area contributed by atoms with Gasteiger partial charge in [-0.15, -0.1) is 5.10 Å². The van der Waals surface area contributed by atoms with E-state index in [9.17, 15) is 24.3 Å². The van der Waals surface area contributed by atoms with E-state index in [1.54, 1.807) is 15.6 Å². The summed E-state index contributed by atoms with van der Waals surface area (Å²) < 4.78 is 14.2. The van der Waals surface area contributed by atoms with E-state index in [0.29, 0.717) is 42.1 Å². The molecule has 3 aliphatic rings. The average Bonchev–Trinajstić information content (AvgIpc) is 3.75. The fourth-order valence-electron chi connectivity index (χ4n) is 8.29. The van der Waals surface area contributed by atoms with Crippen LogP contribution in [-0.2, 0) is 42.5 Å². The molecule has 266 valence electrons. The third kappa shape index (κ3) is 6.17. The first-order valence-corrected chi connectivity index (χ1v) is 20.4. The van der Waals surface area contributed by atoms with Gasteiger partial charge in [0, 0.05) is 42.4 Å². The Morgan fingerprint density at radius 3 is 2.43 bits per heavy atom. The molecule has 6 atom stereocenters. The maximum absolute atomic E-state index is 14.9. The zero-order chi connectivity index (χ0) is 36.1. The zero-order valence-corrected chi connectivity index (χ0v) is 30.2. The summed E-state index contributed by atoms with van der Waals surface area (Å²) in [5.41, 5.74) is 2.57. The minimum atomic E-state index is -2.96. The number of amides is 2. The van der Waals surface area contributed by atoms with E-state index >= 15 is 0 Å². The number of ether oxygens (including phenoxy) is 2. The van der Waals surface area contributed by atoms with Crippen LogP contribution in [0.1, 0.15) is 55.0 Å². The first-order chi connectivity index (χ1) is 24.4. The number of aromatic nitrogens is 3. The molecule has 7 rings (SSSR count). The molecule has 1 aromatic heterocycles. The van der Waals surface area contributed by atoms with E-state index in [1.807, 2.05) is 99.0 Å². The van der Waals surface area contributed by atoms with E-state index in [2.05, 4.69) is 10.3 Å². The van der Waals surface area contributed by atoms with Crippen LogP contribution >= 0.6 is 0 Å². The number of hydrogen-bond donors (Lipinski definition) is 2. The smallest absolute Gasteiger partial charge is 0.304 e. The molecule has 51 heavy (non-hydrogen) atoms. The van der Waals surface area contributed by atoms with E-state index < -0.39 is 38.1 Å². The average molecular weight is 710 g/mol. The molecule has 13 heteroatoms. The second kappa shape index (κ2) is 13.5. The van der Waals surface area contributed by atoms with Crippen molar-refractivity contribution in [2.24, 2.45) is 5.92 Å². The maximum atomic E-state index is 14.9. The van der Waals surface area contributed by atoms with Gasteiger partial charge in [0.05, 0.1) is 43.0 Å². The highest BCUT2D eigenvalue weighted by atomic mass is 28.4. The van der Waals surface area contributed by atoms with Crippen molar-refractivity contribution in [2.45, 2.75) is 82.3 Å². The van der Waals surface area contributed by atoms with Crippen molar-refractivity contribution < 1.29 is 33.8 Å². The summed E-state index contributed by atoms with van der Waals surface area (Å²) in [6.45, 7) is 7.65. The quantitative estimate of drug-likeness (QED) is 0.131. The van der Waals surface area contributed by atoms with Crippen LogP contribution in [0.2, 0.25) is 18.6 Å². The lowest BCUT2D eigenvalue weighted by Crippen LogP contribution is -2.55. The van der Waals surface area contributed by atoms with Crippen molar-refractivity contribution >= 4 is 37.5 Å². The Balaban J connectivity index is 1.23. The molecular formula is C38H43N5O7Si. The molecule has 2 fully saturated rings. The van der Waals surface area contributed by atoms with Crippen molar-refractivity contribution in [3.8, 4) is 0 Å². The number of esters is 1. The maximum Gasteiger partial charge on any atom is 0.304 e. The second-order valence-electron chi connectivity index (χ2n) is 14.3. The molecule has 1 spiro atoms. The molecule has 2 amide bonds. The van der Waals surface area contributed by atoms with Crippen LogP contribution in [0.3, 0.4) is 0 Å². The van der Waals surface area contributed by atoms with Crippen LogP contribution in [0.4, 0.5) is 11.4 Å². The summed E-state index contributed by atoms with van der Waals surface area (Å²) in [6, 6.07) is 24.8. The summed E-state index contributed by atoms with van der Waals surface area (Å²) in [5, 5.41) is 18.9. The zero-order valence-electron chi connectivity index (χ0n) is 29.2. The van der Waals surface area contributed by atoms with Gasteiger partial charge in [0.2, 0.25) is 5.91 Å². The summed E-state index contributed by atoms with van der Waals surface area (Å²) in [5.74, 6) is -1.64. The van der Waals surface area contributed by atoms with Gasteiger partial charge < -0.3 is 24.3 Å². The molecule has 2 saturated heterocycles. The number of aliphatic hydroxyl groups is 1. The highest BCUT2D eigenvalue weighted by Gasteiger charge is 2.66. The number of aliphatic hydroxyl groups excluding tert-OH is 1. The van der Waals surface area contributed by atoms with Gasteiger partial charge in [-0.2, -0.15) is 0 Å². The number of benzene rings is 3. The molecule has 2 N–H and O–H groups in total. The molecule has 3 aromatic carbocycles. The van der Waals surface area contributed by atoms with Gasteiger partial charge in [-0.1, -0.05) is 72.8 Å². The standard InChI is InChI=1S/C38H43N5O7Si/c1-24-36(51(3,4)48)33(17-18-41-22-31(39-40-41)29(23-44)27-13-9-6-10-14-27)50-38(24)30-19-28(43-34(46)20-35(43)49-25(2)45)15-16-32(30)42(37(38)47)21-26-11-7-5-8-12-26/h5-16,19,22,24,29,33,35-36,44,48H,17-18,20-21,23H2,1-4H3/t24-,29?,33+,35?,36-,38+/m0/s1. The number of nitrogens with zero attached hydrogens (tertiary/aromatic N) is 5. The van der Waals surface area contributed by atoms with E-state index in [4.69, 9.17) is 9.47 Å². The fourth-order valence-corrected chi connectivity index (χ4v) is 10.9. The number of hydrogen-bond acceptors (Lipinski definition) is 9. The van der Waals surface area contributed by atoms with Crippen molar-refractivity contribution in [1.82, 2.24) is 15.0 Å². The van der Waals surface area contributed by atoms with Crippen LogP contribution in [0.25, 0.3) is 0 Å². The second-order valence-corrected chi connectivity index (χ2v) is 18.3. The van der Waals surface area contributed by atoms with Crippen molar-refractivity contribution in [3.63, 3.8) is 0 Å². The van der Waals surface area contributed by atoms with Gasteiger partial charge in [-0.25, -0.2) is 0 Å². The summed E-state index contributed by atoms with van der Waals surface area (Å²) >= 11 is 0. The summed E-state index contributed by atoms with van der Waals surface area (Å²) in [4.78, 5) is 54.5. The van der Waals surface area contributed by atoms with E-state index in [0.717, 1.165) is 11.1 Å². The molecule has 0 radical (unpaired) electrons. The third-order valence-electron chi connectivity index (χ3n) is 10.6. The Morgan fingerprint density at radius 1 is 1.08 bits per heavy atom. The van der Waals surface area contributed by atoms with Gasteiger partial charge in [0.15, 0.2) is 20.1 Å². The van der Waals surface area contributed by atoms with Gasteiger partial charge in [0.25, 0.3) is 5.91 Å². The monoisotopic (exact) mass is 709 g/mol. The molecule has 4 heterocycles. The lowest BCUT2D eigenvalue weighted by Gasteiger charge is -2.39. The third-order valence-corrected chi connectivity index (χ3v) is 13.1. The molecule has 3 aliphatic heterocycles. The van der Waals surface area contributed by atoms with Crippen LogP contribution in [-0.4, -0.2) is 69.9 Å². The molecule has 4 aromatic rings. The predicted octanol–water partition coefficient (Wildman–Crippen LogP) is 4.46. The van der Waals surface area contributed by atoms with Crippen molar-refractivity contribution in [3.05, 3.63) is 107 Å². The molecule has 0 aliphatic carbocycles. The number of anilines is 2. The summed E-state index contributed by atoms with van der Waals surface area (Å²) in [7, 11) is -2.96. The molecule has 0 bridgehead atoms. The predicted molar refractivity (Wildman–Crippen MR) is 191 cm³/mol. The van der Waals surface area contributed by atoms with Crippen LogP contribution in [0.5, 0.6) is 0 Å². The first-order valence-electron chi connectivity index (χ1n) is 17.4. The van der Waals surface area contributed by atoms with Crippen LogP contribution in [0.15, 0.2) is 85.1 Å². The Bertz CT molecular complexity index is 1930. The number of carbonyl (C=O) groups is 3. The highest BCUT2D eigenvalue weighted by Crippen LogP contribution is 2.60. The van der Waals surface area contributed by atoms with Crippen molar-refractivity contribution in [1.29, 1.82) is 0 Å². The number of fused-ring (bicyclic) bond motifs is 2. The van der Waals surface area contributed by atoms with Gasteiger partial charge in [-0.05, 0) is 48.8 Å². The largest absolute Gasteiger partial charge is 0.441 e. The molecular weight excluding hydrogens is 667 g/mol. The van der Waals surface area contributed by atoms with Crippen molar-refractivity contribution in [2.75, 3.05) is 16.4 Å². The molecule has 0 saturated carbocycles. The Morgan fingerprint density at radius 2 is 1.78 bits per heavy atom. The molecule has 2 unspecified atom stereocenters. The van der Waals surface area contributed by atoms with Gasteiger partial charge >= 0.3 is 5.97 Å². The Labute approximate surface area is 297 Å². The SMILES string of the molecule is CC(=O)OC1CC(=O)N1c1ccc2c(c1)[C@@]1(O[C@H](CCn3cc(C(CO)c4ccccc4)nn3)[C@@H]([Si](C)(C)O)[C@@H]1C)C(=O)N2Cc1ccccc1. The lowest BCUT2D eigenvalue weighted by atomic mass is 9.82. The number of aryl methyl sites for hydroxylation is 1.